The van der Waals surface area contributed by atoms with Crippen LogP contribution in [-0.2, 0) is 17.4 Å². The third kappa shape index (κ3) is 3.72. The Morgan fingerprint density at radius 1 is 1.38 bits per heavy atom. The van der Waals surface area contributed by atoms with Gasteiger partial charge in [0, 0.05) is 4.88 Å². The number of anilines is 2. The molecule has 112 valence electrons. The molecule has 0 bridgehead atoms. The second kappa shape index (κ2) is 5.72. The number of aromatic nitrogens is 1. The highest BCUT2D eigenvalue weighted by Gasteiger charge is 2.33. The lowest BCUT2D eigenvalue weighted by Crippen LogP contribution is -2.08. The van der Waals surface area contributed by atoms with Crippen LogP contribution >= 0.6 is 11.3 Å². The quantitative estimate of drug-likeness (QED) is 0.899. The zero-order chi connectivity index (χ0) is 15.6. The second-order valence-electron chi connectivity index (χ2n) is 4.27. The smallest absolute Gasteiger partial charge is 0.418 e. The number of aryl methyl sites for hydroxylation is 1. The van der Waals surface area contributed by atoms with Gasteiger partial charge >= 0.3 is 12.1 Å². The maximum absolute atomic E-state index is 12.9. The summed E-state index contributed by atoms with van der Waals surface area (Å²) >= 11 is 1.03. The van der Waals surface area contributed by atoms with Crippen LogP contribution in [0.2, 0.25) is 0 Å². The molecular formula is C13H11F3N2O2S. The average molecular weight is 316 g/mol. The SMILES string of the molecule is Cc1nc(Nc2ccccc2C(F)(F)F)sc1CC(=O)O. The molecule has 0 aliphatic carbocycles. The minimum absolute atomic E-state index is 0.111. The minimum atomic E-state index is -4.47. The molecule has 0 saturated heterocycles. The van der Waals surface area contributed by atoms with Gasteiger partial charge in [0.15, 0.2) is 5.13 Å². The molecule has 2 aromatic rings. The summed E-state index contributed by atoms with van der Waals surface area (Å²) in [5.41, 5.74) is -0.410. The Morgan fingerprint density at radius 3 is 2.67 bits per heavy atom. The number of nitrogens with one attached hydrogen (secondary N) is 1. The van der Waals surface area contributed by atoms with E-state index in [2.05, 4.69) is 10.3 Å². The summed E-state index contributed by atoms with van der Waals surface area (Å²) < 4.78 is 38.6. The molecule has 0 atom stereocenters. The minimum Gasteiger partial charge on any atom is -0.481 e. The normalized spacial score (nSPS) is 11.4. The van der Waals surface area contributed by atoms with E-state index >= 15 is 0 Å². The van der Waals surface area contributed by atoms with Gasteiger partial charge < -0.3 is 10.4 Å². The van der Waals surface area contributed by atoms with Gasteiger partial charge in [0.1, 0.15) is 0 Å². The number of aliphatic carboxylic acids is 1. The first-order valence-electron chi connectivity index (χ1n) is 5.88. The fourth-order valence-corrected chi connectivity index (χ4v) is 2.70. The van der Waals surface area contributed by atoms with Gasteiger partial charge in [0.2, 0.25) is 0 Å². The number of carboxylic acids is 1. The summed E-state index contributed by atoms with van der Waals surface area (Å²) in [6, 6.07) is 5.06. The van der Waals surface area contributed by atoms with Crippen molar-refractivity contribution in [1.29, 1.82) is 0 Å². The number of benzene rings is 1. The van der Waals surface area contributed by atoms with Crippen LogP contribution in [-0.4, -0.2) is 16.1 Å². The molecule has 1 aromatic heterocycles. The molecule has 1 heterocycles. The summed E-state index contributed by atoms with van der Waals surface area (Å²) in [7, 11) is 0. The number of carbonyl (C=O) groups is 1. The molecule has 0 aliphatic heterocycles. The molecule has 0 aliphatic rings. The molecule has 2 N–H and O–H groups in total. The fourth-order valence-electron chi connectivity index (χ4n) is 1.74. The number of halogens is 3. The zero-order valence-corrected chi connectivity index (χ0v) is 11.7. The molecule has 8 heteroatoms. The first-order chi connectivity index (χ1) is 9.77. The monoisotopic (exact) mass is 316 g/mol. The standard InChI is InChI=1S/C13H11F3N2O2S/c1-7-10(6-11(19)20)21-12(17-7)18-9-5-3-2-4-8(9)13(14,15)16/h2-5H,6H2,1H3,(H,17,18)(H,19,20). The van der Waals surface area contributed by atoms with Gasteiger partial charge in [-0.15, -0.1) is 11.3 Å². The van der Waals surface area contributed by atoms with Crippen molar-refractivity contribution in [3.63, 3.8) is 0 Å². The zero-order valence-electron chi connectivity index (χ0n) is 10.9. The highest BCUT2D eigenvalue weighted by atomic mass is 32.1. The molecule has 0 fully saturated rings. The van der Waals surface area contributed by atoms with E-state index in [-0.39, 0.29) is 17.2 Å². The molecule has 21 heavy (non-hydrogen) atoms. The van der Waals surface area contributed by atoms with E-state index in [0.717, 1.165) is 17.4 Å². The number of hydrogen-bond donors (Lipinski definition) is 2. The molecule has 0 spiro atoms. The predicted octanol–water partition coefficient (Wildman–Crippen LogP) is 3.84. The van der Waals surface area contributed by atoms with E-state index in [1.54, 1.807) is 6.92 Å². The van der Waals surface area contributed by atoms with Gasteiger partial charge in [-0.1, -0.05) is 12.1 Å². The molecule has 0 unspecified atom stereocenters. The third-order valence-corrected chi connectivity index (χ3v) is 3.75. The summed E-state index contributed by atoms with van der Waals surface area (Å²) in [5.74, 6) is -1.01. The predicted molar refractivity (Wildman–Crippen MR) is 72.9 cm³/mol. The summed E-state index contributed by atoms with van der Waals surface area (Å²) in [4.78, 5) is 15.3. The van der Waals surface area contributed by atoms with Gasteiger partial charge in [-0.2, -0.15) is 13.2 Å². The second-order valence-corrected chi connectivity index (χ2v) is 5.35. The third-order valence-electron chi connectivity index (χ3n) is 2.68. The largest absolute Gasteiger partial charge is 0.481 e. The van der Waals surface area contributed by atoms with E-state index in [9.17, 15) is 18.0 Å². The van der Waals surface area contributed by atoms with Gasteiger partial charge in [-0.25, -0.2) is 4.98 Å². The van der Waals surface area contributed by atoms with E-state index in [0.29, 0.717) is 10.6 Å². The van der Waals surface area contributed by atoms with Crippen molar-refractivity contribution in [2.45, 2.75) is 19.5 Å². The summed E-state index contributed by atoms with van der Waals surface area (Å²) in [5, 5.41) is 11.6. The Bertz CT molecular complexity index is 668. The Balaban J connectivity index is 2.29. The maximum Gasteiger partial charge on any atom is 0.418 e. The van der Waals surface area contributed by atoms with E-state index in [1.807, 2.05) is 0 Å². The highest BCUT2D eigenvalue weighted by Crippen LogP contribution is 2.36. The molecule has 0 radical (unpaired) electrons. The Hall–Kier alpha value is -2.09. The molecule has 0 amide bonds. The van der Waals surface area contributed by atoms with Crippen LogP contribution in [0, 0.1) is 6.92 Å². The van der Waals surface area contributed by atoms with Crippen LogP contribution < -0.4 is 5.32 Å². The van der Waals surface area contributed by atoms with Crippen LogP contribution in [0.1, 0.15) is 16.1 Å². The van der Waals surface area contributed by atoms with Crippen molar-refractivity contribution in [2.24, 2.45) is 0 Å². The molecule has 2 rings (SSSR count). The van der Waals surface area contributed by atoms with Crippen molar-refractivity contribution in [1.82, 2.24) is 4.98 Å². The van der Waals surface area contributed by atoms with Gasteiger partial charge in [-0.3, -0.25) is 4.79 Å². The van der Waals surface area contributed by atoms with Crippen molar-refractivity contribution in [2.75, 3.05) is 5.32 Å². The van der Waals surface area contributed by atoms with Crippen LogP contribution in [0.3, 0.4) is 0 Å². The number of alkyl halides is 3. The summed E-state index contributed by atoms with van der Waals surface area (Å²) in [6.07, 6.45) is -4.67. The topological polar surface area (TPSA) is 62.2 Å². The Kier molecular flexibility index (Phi) is 4.17. The Labute approximate surface area is 122 Å². The molecule has 0 saturated carbocycles. The van der Waals surface area contributed by atoms with Gasteiger partial charge in [0.25, 0.3) is 0 Å². The maximum atomic E-state index is 12.9. The lowest BCUT2D eigenvalue weighted by atomic mass is 10.2. The van der Waals surface area contributed by atoms with Crippen molar-refractivity contribution >= 4 is 28.1 Å². The van der Waals surface area contributed by atoms with Gasteiger partial charge in [0.05, 0.1) is 23.4 Å². The highest BCUT2D eigenvalue weighted by molar-refractivity contribution is 7.15. The Morgan fingerprint density at radius 2 is 2.05 bits per heavy atom. The average Bonchev–Trinajstić information content (AvgIpc) is 2.68. The number of rotatable bonds is 4. The number of para-hydroxylation sites is 1. The molecule has 4 nitrogen and oxygen atoms in total. The summed E-state index contributed by atoms with van der Waals surface area (Å²) in [6.45, 7) is 1.62. The van der Waals surface area contributed by atoms with Crippen LogP contribution in [0.25, 0.3) is 0 Å². The van der Waals surface area contributed by atoms with Crippen LogP contribution in [0.4, 0.5) is 24.0 Å². The van der Waals surface area contributed by atoms with Gasteiger partial charge in [-0.05, 0) is 19.1 Å². The number of nitrogens with zero attached hydrogens (tertiary/aromatic N) is 1. The van der Waals surface area contributed by atoms with Crippen molar-refractivity contribution in [3.8, 4) is 0 Å². The lowest BCUT2D eigenvalue weighted by Gasteiger charge is -2.12. The van der Waals surface area contributed by atoms with E-state index < -0.39 is 17.7 Å². The number of hydrogen-bond acceptors (Lipinski definition) is 4. The lowest BCUT2D eigenvalue weighted by molar-refractivity contribution is -0.137. The van der Waals surface area contributed by atoms with Crippen LogP contribution in [0.15, 0.2) is 24.3 Å². The number of thiazole rings is 1. The molecule has 1 aromatic carbocycles. The van der Waals surface area contributed by atoms with Crippen molar-refractivity contribution < 1.29 is 23.1 Å². The van der Waals surface area contributed by atoms with E-state index in [4.69, 9.17) is 5.11 Å². The number of carboxylic acid groups (broad SMARTS) is 1. The first kappa shape index (κ1) is 15.3. The first-order valence-corrected chi connectivity index (χ1v) is 6.70. The molecular weight excluding hydrogens is 305 g/mol. The van der Waals surface area contributed by atoms with E-state index in [1.165, 1.54) is 18.2 Å². The fraction of sp³-hybridized carbons (Fsp3) is 0.231. The van der Waals surface area contributed by atoms with Crippen molar-refractivity contribution in [3.05, 3.63) is 40.4 Å². The van der Waals surface area contributed by atoms with Crippen LogP contribution in [0.5, 0.6) is 0 Å².